The second-order valence-electron chi connectivity index (χ2n) is 4.31. The summed E-state index contributed by atoms with van der Waals surface area (Å²) in [6, 6.07) is 9.14. The van der Waals surface area contributed by atoms with Crippen molar-refractivity contribution in [1.82, 2.24) is 21.3 Å². The van der Waals surface area contributed by atoms with E-state index in [9.17, 15) is 4.79 Å². The van der Waals surface area contributed by atoms with Gasteiger partial charge in [-0.2, -0.15) is 0 Å². The number of rotatable bonds is 2. The standard InChI is InChI=1S/C14H14N4O/c1-10-12-8-5-9-13(18(12)17-16-10)15-14(19)11-6-3-2-4-7-11/h2-9,16-17H,1H3,(H,15,19). The van der Waals surface area contributed by atoms with Crippen LogP contribution in [0.5, 0.6) is 0 Å². The van der Waals surface area contributed by atoms with Crippen LogP contribution in [0.4, 0.5) is 0 Å². The first-order valence-corrected chi connectivity index (χ1v) is 6.03. The monoisotopic (exact) mass is 254 g/mol. The van der Waals surface area contributed by atoms with E-state index in [0.717, 1.165) is 11.4 Å². The van der Waals surface area contributed by atoms with E-state index in [-0.39, 0.29) is 5.91 Å². The van der Waals surface area contributed by atoms with E-state index in [2.05, 4.69) is 16.3 Å². The minimum atomic E-state index is -0.132. The van der Waals surface area contributed by atoms with Crippen LogP contribution >= 0.6 is 0 Å². The molecule has 5 nitrogen and oxygen atoms in total. The lowest BCUT2D eigenvalue weighted by Gasteiger charge is -2.25. The third kappa shape index (κ3) is 2.11. The number of hydrogen-bond acceptors (Lipinski definition) is 4. The third-order valence-electron chi connectivity index (χ3n) is 3.01. The first-order valence-electron chi connectivity index (χ1n) is 6.03. The fraction of sp³-hybridized carbons (Fsp3) is 0.0714. The molecule has 2 aliphatic heterocycles. The molecule has 0 radical (unpaired) electrons. The summed E-state index contributed by atoms with van der Waals surface area (Å²) in [4.78, 5) is 12.1. The van der Waals surface area contributed by atoms with Crippen LogP contribution in [-0.2, 0) is 0 Å². The van der Waals surface area contributed by atoms with Gasteiger partial charge in [0.15, 0.2) is 0 Å². The Kier molecular flexibility index (Phi) is 2.81. The summed E-state index contributed by atoms with van der Waals surface area (Å²) in [5.74, 6) is 0.559. The van der Waals surface area contributed by atoms with Crippen LogP contribution in [0.3, 0.4) is 0 Å². The summed E-state index contributed by atoms with van der Waals surface area (Å²) in [5.41, 5.74) is 8.64. The van der Waals surface area contributed by atoms with Gasteiger partial charge in [0, 0.05) is 5.56 Å². The second-order valence-corrected chi connectivity index (χ2v) is 4.31. The topological polar surface area (TPSA) is 56.4 Å². The molecule has 0 bridgehead atoms. The van der Waals surface area contributed by atoms with Crippen molar-refractivity contribution >= 4 is 5.91 Å². The lowest BCUT2D eigenvalue weighted by atomic mass is 10.2. The highest BCUT2D eigenvalue weighted by molar-refractivity contribution is 5.95. The number of nitrogens with zero attached hydrogens (tertiary/aromatic N) is 1. The van der Waals surface area contributed by atoms with Gasteiger partial charge in [0.2, 0.25) is 0 Å². The maximum Gasteiger partial charge on any atom is 0.256 e. The average Bonchev–Trinajstić information content (AvgIpc) is 2.83. The highest BCUT2D eigenvalue weighted by atomic mass is 16.1. The molecule has 0 aromatic heterocycles. The molecule has 0 fully saturated rings. The molecule has 5 heteroatoms. The lowest BCUT2D eigenvalue weighted by molar-refractivity contribution is 0.0949. The fourth-order valence-electron chi connectivity index (χ4n) is 2.00. The summed E-state index contributed by atoms with van der Waals surface area (Å²) in [7, 11) is 0. The first-order chi connectivity index (χ1) is 9.25. The van der Waals surface area contributed by atoms with E-state index in [0.29, 0.717) is 11.4 Å². The SMILES string of the molecule is CC1=C2C=CC=C(NC(=O)c3ccccc3)N2NN1. The number of carbonyl (C=O) groups excluding carboxylic acids is 1. The van der Waals surface area contributed by atoms with Crippen molar-refractivity contribution in [2.75, 3.05) is 0 Å². The number of fused-ring (bicyclic) bond motifs is 1. The van der Waals surface area contributed by atoms with Crippen molar-refractivity contribution in [3.8, 4) is 0 Å². The predicted octanol–water partition coefficient (Wildman–Crippen LogP) is 1.38. The molecule has 3 N–H and O–H groups in total. The van der Waals surface area contributed by atoms with E-state index in [1.54, 1.807) is 17.1 Å². The van der Waals surface area contributed by atoms with Crippen LogP contribution in [0, 0.1) is 0 Å². The molecule has 0 unspecified atom stereocenters. The van der Waals surface area contributed by atoms with E-state index < -0.39 is 0 Å². The zero-order valence-electron chi connectivity index (χ0n) is 10.5. The molecule has 96 valence electrons. The number of allylic oxidation sites excluding steroid dienone is 4. The van der Waals surface area contributed by atoms with Crippen molar-refractivity contribution in [2.45, 2.75) is 6.92 Å². The van der Waals surface area contributed by atoms with Gasteiger partial charge in [0.25, 0.3) is 5.91 Å². The summed E-state index contributed by atoms with van der Waals surface area (Å²) in [5, 5.41) is 4.69. The molecule has 1 aromatic carbocycles. The Bertz CT molecular complexity index is 601. The smallest absolute Gasteiger partial charge is 0.256 e. The Balaban J connectivity index is 1.80. The van der Waals surface area contributed by atoms with Crippen LogP contribution in [0.2, 0.25) is 0 Å². The Hall–Kier alpha value is -2.53. The van der Waals surface area contributed by atoms with Crippen LogP contribution in [-0.4, -0.2) is 10.9 Å². The molecule has 0 saturated heterocycles. The van der Waals surface area contributed by atoms with Gasteiger partial charge in [0.05, 0.1) is 11.4 Å². The molecule has 3 rings (SSSR count). The van der Waals surface area contributed by atoms with Crippen LogP contribution in [0.1, 0.15) is 17.3 Å². The van der Waals surface area contributed by atoms with E-state index >= 15 is 0 Å². The second kappa shape index (κ2) is 4.62. The van der Waals surface area contributed by atoms with Crippen molar-refractivity contribution in [2.24, 2.45) is 0 Å². The zero-order valence-corrected chi connectivity index (χ0v) is 10.5. The Morgan fingerprint density at radius 3 is 2.84 bits per heavy atom. The maximum absolute atomic E-state index is 12.1. The van der Waals surface area contributed by atoms with Gasteiger partial charge in [-0.15, -0.1) is 5.53 Å². The molecule has 0 atom stereocenters. The number of hydrazine groups is 2. The quantitative estimate of drug-likeness (QED) is 0.746. The number of nitrogens with one attached hydrogen (secondary N) is 3. The number of carbonyl (C=O) groups is 1. The Morgan fingerprint density at radius 1 is 1.26 bits per heavy atom. The van der Waals surface area contributed by atoms with Gasteiger partial charge < -0.3 is 10.7 Å². The Labute approximate surface area is 111 Å². The molecule has 0 spiro atoms. The fourth-order valence-corrected chi connectivity index (χ4v) is 2.00. The van der Waals surface area contributed by atoms with E-state index in [1.165, 1.54) is 0 Å². The highest BCUT2D eigenvalue weighted by Gasteiger charge is 2.24. The van der Waals surface area contributed by atoms with Gasteiger partial charge in [0.1, 0.15) is 5.82 Å². The molecular weight excluding hydrogens is 240 g/mol. The van der Waals surface area contributed by atoms with Crippen LogP contribution in [0.25, 0.3) is 0 Å². The largest absolute Gasteiger partial charge is 0.307 e. The molecule has 1 amide bonds. The molecule has 2 heterocycles. The number of hydrogen-bond donors (Lipinski definition) is 3. The van der Waals surface area contributed by atoms with Gasteiger partial charge in [-0.1, -0.05) is 24.3 Å². The zero-order chi connectivity index (χ0) is 13.2. The number of amides is 1. The molecule has 2 aliphatic rings. The molecule has 0 aliphatic carbocycles. The van der Waals surface area contributed by atoms with Crippen LogP contribution < -0.4 is 16.3 Å². The predicted molar refractivity (Wildman–Crippen MR) is 71.9 cm³/mol. The van der Waals surface area contributed by atoms with Gasteiger partial charge in [-0.05, 0) is 31.2 Å². The van der Waals surface area contributed by atoms with E-state index in [1.807, 2.05) is 43.4 Å². The van der Waals surface area contributed by atoms with Crippen molar-refractivity contribution < 1.29 is 4.79 Å². The molecule has 19 heavy (non-hydrogen) atoms. The number of benzene rings is 1. The van der Waals surface area contributed by atoms with E-state index in [4.69, 9.17) is 0 Å². The van der Waals surface area contributed by atoms with Gasteiger partial charge in [-0.25, -0.2) is 5.01 Å². The van der Waals surface area contributed by atoms with Crippen molar-refractivity contribution in [1.29, 1.82) is 0 Å². The molecular formula is C14H14N4O. The summed E-state index contributed by atoms with van der Waals surface area (Å²) in [6.07, 6.45) is 5.72. The highest BCUT2D eigenvalue weighted by Crippen LogP contribution is 2.20. The molecule has 1 aromatic rings. The van der Waals surface area contributed by atoms with Crippen molar-refractivity contribution in [3.05, 3.63) is 71.3 Å². The summed E-state index contributed by atoms with van der Waals surface area (Å²) in [6.45, 7) is 1.97. The minimum absolute atomic E-state index is 0.132. The van der Waals surface area contributed by atoms with Crippen LogP contribution in [0.15, 0.2) is 65.8 Å². The lowest BCUT2D eigenvalue weighted by Crippen LogP contribution is -2.43. The first kappa shape index (κ1) is 11.6. The van der Waals surface area contributed by atoms with Crippen molar-refractivity contribution in [3.63, 3.8) is 0 Å². The normalized spacial score (nSPS) is 16.9. The van der Waals surface area contributed by atoms with Gasteiger partial charge in [-0.3, -0.25) is 4.79 Å². The Morgan fingerprint density at radius 2 is 2.05 bits per heavy atom. The minimum Gasteiger partial charge on any atom is -0.307 e. The third-order valence-corrected chi connectivity index (χ3v) is 3.01. The van der Waals surface area contributed by atoms with Gasteiger partial charge >= 0.3 is 0 Å². The molecule has 0 saturated carbocycles. The maximum atomic E-state index is 12.1. The summed E-state index contributed by atoms with van der Waals surface area (Å²) < 4.78 is 0. The average molecular weight is 254 g/mol. The summed E-state index contributed by atoms with van der Waals surface area (Å²) >= 11 is 0.